The Morgan fingerprint density at radius 3 is 2.33 bits per heavy atom. The van der Waals surface area contributed by atoms with E-state index in [1.165, 1.54) is 12.1 Å². The van der Waals surface area contributed by atoms with Gasteiger partial charge in [-0.15, -0.1) is 0 Å². The molecule has 2 aromatic rings. The van der Waals surface area contributed by atoms with Gasteiger partial charge in [-0.25, -0.2) is 4.39 Å². The quantitative estimate of drug-likeness (QED) is 0.914. The van der Waals surface area contributed by atoms with Gasteiger partial charge in [-0.1, -0.05) is 24.3 Å². The monoisotopic (exact) mass is 287 g/mol. The molecule has 110 valence electrons. The van der Waals surface area contributed by atoms with Crippen molar-refractivity contribution in [1.82, 2.24) is 5.32 Å². The summed E-state index contributed by atoms with van der Waals surface area (Å²) >= 11 is 0. The summed E-state index contributed by atoms with van der Waals surface area (Å²) in [5, 5.41) is 2.89. The van der Waals surface area contributed by atoms with Crippen molar-refractivity contribution >= 4 is 5.91 Å². The van der Waals surface area contributed by atoms with Gasteiger partial charge in [-0.05, 0) is 42.3 Å². The molecule has 1 amide bonds. The Morgan fingerprint density at radius 2 is 1.76 bits per heavy atom. The van der Waals surface area contributed by atoms with Crippen LogP contribution in [0.25, 0.3) is 0 Å². The molecule has 21 heavy (non-hydrogen) atoms. The van der Waals surface area contributed by atoms with E-state index < -0.39 is 0 Å². The number of hydrogen-bond acceptors (Lipinski definition) is 2. The van der Waals surface area contributed by atoms with Gasteiger partial charge in [0.15, 0.2) is 0 Å². The van der Waals surface area contributed by atoms with Crippen LogP contribution >= 0.6 is 0 Å². The van der Waals surface area contributed by atoms with Crippen LogP contribution in [0.5, 0.6) is 0 Å². The van der Waals surface area contributed by atoms with Crippen LogP contribution in [-0.2, 0) is 11.3 Å². The number of carbonyl (C=O) groups excluding carboxylic acids is 1. The summed E-state index contributed by atoms with van der Waals surface area (Å²) < 4.78 is 17.9. The molecule has 0 fully saturated rings. The lowest BCUT2D eigenvalue weighted by Gasteiger charge is -2.14. The molecule has 0 bridgehead atoms. The average Bonchev–Trinajstić information content (AvgIpc) is 2.49. The molecule has 2 rings (SSSR count). The van der Waals surface area contributed by atoms with Crippen molar-refractivity contribution < 1.29 is 13.9 Å². The number of methoxy groups -OCH3 is 1. The predicted molar refractivity (Wildman–Crippen MR) is 79.4 cm³/mol. The van der Waals surface area contributed by atoms with Crippen molar-refractivity contribution in [2.45, 2.75) is 19.6 Å². The highest BCUT2D eigenvalue weighted by atomic mass is 19.1. The lowest BCUT2D eigenvalue weighted by atomic mass is 10.1. The van der Waals surface area contributed by atoms with E-state index in [1.54, 1.807) is 31.4 Å². The van der Waals surface area contributed by atoms with Crippen LogP contribution in [0.4, 0.5) is 4.39 Å². The molecule has 0 spiro atoms. The summed E-state index contributed by atoms with van der Waals surface area (Å²) in [6.45, 7) is 2.39. The van der Waals surface area contributed by atoms with Gasteiger partial charge in [0.05, 0.1) is 12.6 Å². The Kier molecular flexibility index (Phi) is 5.06. The van der Waals surface area contributed by atoms with Gasteiger partial charge < -0.3 is 10.1 Å². The smallest absolute Gasteiger partial charge is 0.251 e. The fourth-order valence-corrected chi connectivity index (χ4v) is 2.03. The third-order valence-electron chi connectivity index (χ3n) is 3.24. The molecule has 0 radical (unpaired) electrons. The summed E-state index contributed by atoms with van der Waals surface area (Å²) in [5.74, 6) is -0.443. The first-order valence-electron chi connectivity index (χ1n) is 6.74. The third kappa shape index (κ3) is 4.13. The van der Waals surface area contributed by atoms with Gasteiger partial charge >= 0.3 is 0 Å². The summed E-state index contributed by atoms with van der Waals surface area (Å²) in [5.41, 5.74) is 2.46. The number of benzene rings is 2. The molecule has 0 aliphatic carbocycles. The lowest BCUT2D eigenvalue weighted by Crippen LogP contribution is -2.26. The van der Waals surface area contributed by atoms with E-state index in [2.05, 4.69) is 5.32 Å². The Bertz CT molecular complexity index is 593. The van der Waals surface area contributed by atoms with Crippen molar-refractivity contribution in [3.8, 4) is 0 Å². The second-order valence-corrected chi connectivity index (χ2v) is 4.88. The normalized spacial score (nSPS) is 12.0. The van der Waals surface area contributed by atoms with Gasteiger partial charge in [0.2, 0.25) is 0 Å². The molecule has 0 heterocycles. The number of nitrogens with one attached hydrogen (secondary N) is 1. The SMILES string of the molecule is COCc1ccc(C(=O)N[C@H](C)c2ccc(F)cc2)cc1. The fourth-order valence-electron chi connectivity index (χ4n) is 2.03. The first kappa shape index (κ1) is 15.2. The molecular weight excluding hydrogens is 269 g/mol. The number of halogens is 1. The predicted octanol–water partition coefficient (Wildman–Crippen LogP) is 3.46. The van der Waals surface area contributed by atoms with Crippen molar-refractivity contribution in [2.75, 3.05) is 7.11 Å². The van der Waals surface area contributed by atoms with E-state index in [4.69, 9.17) is 4.74 Å². The molecule has 0 aromatic heterocycles. The van der Waals surface area contributed by atoms with Gasteiger partial charge in [0.25, 0.3) is 5.91 Å². The maximum Gasteiger partial charge on any atom is 0.251 e. The minimum atomic E-state index is -0.286. The minimum Gasteiger partial charge on any atom is -0.380 e. The Hall–Kier alpha value is -2.20. The van der Waals surface area contributed by atoms with Crippen LogP contribution in [0.1, 0.15) is 34.5 Å². The number of rotatable bonds is 5. The molecule has 4 heteroatoms. The van der Waals surface area contributed by atoms with E-state index in [0.717, 1.165) is 11.1 Å². The van der Waals surface area contributed by atoms with E-state index in [9.17, 15) is 9.18 Å². The van der Waals surface area contributed by atoms with Crippen molar-refractivity contribution in [3.05, 3.63) is 71.0 Å². The van der Waals surface area contributed by atoms with Gasteiger partial charge in [0, 0.05) is 12.7 Å². The topological polar surface area (TPSA) is 38.3 Å². The van der Waals surface area contributed by atoms with E-state index in [-0.39, 0.29) is 17.8 Å². The molecule has 1 atom stereocenters. The zero-order valence-electron chi connectivity index (χ0n) is 12.1. The summed E-state index contributed by atoms with van der Waals surface area (Å²) in [6.07, 6.45) is 0. The van der Waals surface area contributed by atoms with Crippen molar-refractivity contribution in [3.63, 3.8) is 0 Å². The molecule has 0 saturated heterocycles. The first-order valence-corrected chi connectivity index (χ1v) is 6.74. The van der Waals surface area contributed by atoms with Crippen LogP contribution < -0.4 is 5.32 Å². The fraction of sp³-hybridized carbons (Fsp3) is 0.235. The van der Waals surface area contributed by atoms with Crippen molar-refractivity contribution in [1.29, 1.82) is 0 Å². The van der Waals surface area contributed by atoms with Crippen molar-refractivity contribution in [2.24, 2.45) is 0 Å². The van der Waals surface area contributed by atoms with Gasteiger partial charge in [0.1, 0.15) is 5.82 Å². The average molecular weight is 287 g/mol. The molecule has 0 saturated carbocycles. The van der Waals surface area contributed by atoms with Gasteiger partial charge in [-0.2, -0.15) is 0 Å². The zero-order valence-corrected chi connectivity index (χ0v) is 12.1. The Balaban J connectivity index is 2.01. The maximum atomic E-state index is 12.9. The minimum absolute atomic E-state index is 0.157. The second kappa shape index (κ2) is 6.99. The lowest BCUT2D eigenvalue weighted by molar-refractivity contribution is 0.0940. The summed E-state index contributed by atoms with van der Waals surface area (Å²) in [6, 6.07) is 13.2. The largest absolute Gasteiger partial charge is 0.380 e. The maximum absolute atomic E-state index is 12.9. The first-order chi connectivity index (χ1) is 10.1. The highest BCUT2D eigenvalue weighted by Crippen LogP contribution is 2.14. The van der Waals surface area contributed by atoms with Crippen LogP contribution in [-0.4, -0.2) is 13.0 Å². The molecule has 0 aliphatic rings. The molecule has 0 aliphatic heterocycles. The third-order valence-corrected chi connectivity index (χ3v) is 3.24. The number of hydrogen-bond donors (Lipinski definition) is 1. The van der Waals surface area contributed by atoms with E-state index in [0.29, 0.717) is 12.2 Å². The highest BCUT2D eigenvalue weighted by Gasteiger charge is 2.11. The zero-order chi connectivity index (χ0) is 15.2. The highest BCUT2D eigenvalue weighted by molar-refractivity contribution is 5.94. The molecular formula is C17H18FNO2. The molecule has 3 nitrogen and oxygen atoms in total. The molecule has 0 unspecified atom stereocenters. The van der Waals surface area contributed by atoms with E-state index >= 15 is 0 Å². The van der Waals surface area contributed by atoms with Crippen LogP contribution in [0.3, 0.4) is 0 Å². The number of carbonyl (C=O) groups is 1. The van der Waals surface area contributed by atoms with Crippen LogP contribution in [0.2, 0.25) is 0 Å². The van der Waals surface area contributed by atoms with Gasteiger partial charge in [-0.3, -0.25) is 4.79 Å². The molecule has 1 N–H and O–H groups in total. The number of amides is 1. The standard InChI is InChI=1S/C17H18FNO2/c1-12(14-7-9-16(18)10-8-14)19-17(20)15-5-3-13(4-6-15)11-21-2/h3-10,12H,11H2,1-2H3,(H,19,20)/t12-/m1/s1. The Labute approximate surface area is 123 Å². The summed E-state index contributed by atoms with van der Waals surface area (Å²) in [4.78, 5) is 12.1. The van der Waals surface area contributed by atoms with Crippen LogP contribution in [0, 0.1) is 5.82 Å². The van der Waals surface area contributed by atoms with E-state index in [1.807, 2.05) is 19.1 Å². The van der Waals surface area contributed by atoms with Crippen LogP contribution in [0.15, 0.2) is 48.5 Å². The second-order valence-electron chi connectivity index (χ2n) is 4.88. The summed E-state index contributed by atoms with van der Waals surface area (Å²) in [7, 11) is 1.63. The molecule has 2 aromatic carbocycles. The number of ether oxygens (including phenoxy) is 1. The Morgan fingerprint density at radius 1 is 1.14 bits per heavy atom.